The fourth-order valence-corrected chi connectivity index (χ4v) is 4.39. The molecule has 4 aromatic carbocycles. The van der Waals surface area contributed by atoms with Crippen LogP contribution >= 0.6 is 0 Å². The number of rotatable bonds is 6. The van der Waals surface area contributed by atoms with E-state index in [4.69, 9.17) is 14.2 Å². The number of esters is 1. The second-order valence-corrected chi connectivity index (χ2v) is 8.48. The van der Waals surface area contributed by atoms with Crippen LogP contribution in [-0.2, 0) is 17.5 Å². The number of hydrogen-bond donors (Lipinski definition) is 0. The third-order valence-electron chi connectivity index (χ3n) is 4.68. The van der Waals surface area contributed by atoms with Crippen molar-refractivity contribution >= 4 is 25.7 Å². The summed E-state index contributed by atoms with van der Waals surface area (Å²) >= 11 is -1.70. The maximum absolute atomic E-state index is 12.9. The van der Waals surface area contributed by atoms with E-state index in [1.54, 1.807) is 74.9 Å². The average molecular weight is 459 g/mol. The van der Waals surface area contributed by atoms with Crippen LogP contribution in [0, 0.1) is 0 Å². The summed E-state index contributed by atoms with van der Waals surface area (Å²) in [6.45, 7) is 0. The zero-order valence-electron chi connectivity index (χ0n) is 17.0. The van der Waals surface area contributed by atoms with Gasteiger partial charge < -0.3 is 4.74 Å². The zero-order chi connectivity index (χ0) is 21.8. The Balaban J connectivity index is 1.54. The molecule has 0 N–H and O–H groups in total. The van der Waals surface area contributed by atoms with Gasteiger partial charge in [0.05, 0.1) is 7.11 Å². The molecule has 4 aromatic rings. The summed E-state index contributed by atoms with van der Waals surface area (Å²) in [5, 5.41) is 1.76. The van der Waals surface area contributed by atoms with E-state index in [1.165, 1.54) is 0 Å². The monoisotopic (exact) mass is 459 g/mol. The van der Waals surface area contributed by atoms with Crippen LogP contribution in [0.15, 0.2) is 84.9 Å². The minimum atomic E-state index is -1.70. The molecule has 0 spiro atoms. The maximum atomic E-state index is 12.9. The molecule has 0 aliphatic heterocycles. The quantitative estimate of drug-likeness (QED) is 0.322. The van der Waals surface area contributed by atoms with Crippen LogP contribution in [0.2, 0.25) is 0 Å². The predicted octanol–water partition coefficient (Wildman–Crippen LogP) is 3.99. The Hall–Kier alpha value is -3.48. The third kappa shape index (κ3) is 4.65. The minimum absolute atomic E-state index is 0.440. The van der Waals surface area contributed by atoms with Gasteiger partial charge in [-0.05, 0) is 0 Å². The Kier molecular flexibility index (Phi) is 6.11. The van der Waals surface area contributed by atoms with Crippen molar-refractivity contribution in [2.45, 2.75) is 0 Å². The van der Waals surface area contributed by atoms with Crippen molar-refractivity contribution in [1.29, 1.82) is 0 Å². The van der Waals surface area contributed by atoms with Crippen LogP contribution in [0.3, 0.4) is 0 Å². The molecule has 159 valence electrons. The Morgan fingerprint density at radius 2 is 1.16 bits per heavy atom. The van der Waals surface area contributed by atoms with Crippen molar-refractivity contribution in [3.05, 3.63) is 90.5 Å². The van der Waals surface area contributed by atoms with Crippen LogP contribution in [0.5, 0.6) is 17.2 Å². The first-order valence-corrected chi connectivity index (χ1v) is 10.9. The molecule has 0 saturated heterocycles. The van der Waals surface area contributed by atoms with Gasteiger partial charge in [-0.3, -0.25) is 0 Å². The SMILES string of the molecule is COc1ccc(OC(=O)c2ccc3c[c]([Co](=[O])[c]4ccc(OC)cc4)ccc3c2)cc1. The molecule has 0 bridgehead atoms. The Bertz CT molecular complexity index is 1250. The first kappa shape index (κ1) is 20.8. The molecule has 4 rings (SSSR count). The number of carbonyl (C=O) groups excluding carboxylic acids is 1. The number of carbonyl (C=O) groups is 1. The van der Waals surface area contributed by atoms with Crippen LogP contribution in [-0.4, -0.2) is 20.2 Å². The van der Waals surface area contributed by atoms with Crippen molar-refractivity contribution in [3.63, 3.8) is 0 Å². The van der Waals surface area contributed by atoms with Gasteiger partial charge >= 0.3 is 172 Å². The molecule has 31 heavy (non-hydrogen) atoms. The van der Waals surface area contributed by atoms with E-state index < -0.39 is 19.6 Å². The van der Waals surface area contributed by atoms with E-state index in [0.717, 1.165) is 25.5 Å². The molecule has 0 unspecified atom stereocenters. The van der Waals surface area contributed by atoms with Crippen LogP contribution in [0.4, 0.5) is 0 Å². The van der Waals surface area contributed by atoms with E-state index >= 15 is 0 Å². The van der Waals surface area contributed by atoms with Gasteiger partial charge in [0.15, 0.2) is 0 Å². The summed E-state index contributed by atoms with van der Waals surface area (Å²) in [6, 6.07) is 24.9. The molecule has 6 heteroatoms. The van der Waals surface area contributed by atoms with Crippen molar-refractivity contribution in [2.24, 2.45) is 0 Å². The molecule has 0 atom stereocenters. The number of hydrogen-bond acceptors (Lipinski definition) is 5. The summed E-state index contributed by atoms with van der Waals surface area (Å²) < 4.78 is 30.1. The average Bonchev–Trinajstić information content (AvgIpc) is 2.83. The van der Waals surface area contributed by atoms with Gasteiger partial charge in [0.2, 0.25) is 0 Å². The number of fused-ring (bicyclic) bond motifs is 1. The molecule has 0 aliphatic carbocycles. The van der Waals surface area contributed by atoms with Gasteiger partial charge in [-0.15, -0.1) is 0 Å². The second kappa shape index (κ2) is 9.12. The molecule has 0 aromatic heterocycles. The molecule has 0 amide bonds. The summed E-state index contributed by atoms with van der Waals surface area (Å²) in [4.78, 5) is 12.5. The van der Waals surface area contributed by atoms with Crippen molar-refractivity contribution in [2.75, 3.05) is 14.2 Å². The van der Waals surface area contributed by atoms with Gasteiger partial charge in [-0.25, -0.2) is 0 Å². The predicted molar refractivity (Wildman–Crippen MR) is 115 cm³/mol. The molecule has 0 radical (unpaired) electrons. The molecule has 0 saturated carbocycles. The van der Waals surface area contributed by atoms with Gasteiger partial charge in [0, 0.05) is 0 Å². The molecule has 0 fully saturated rings. The van der Waals surface area contributed by atoms with Crippen molar-refractivity contribution in [1.82, 2.24) is 0 Å². The van der Waals surface area contributed by atoms with E-state index in [9.17, 15) is 8.66 Å². The van der Waals surface area contributed by atoms with Crippen LogP contribution in [0.25, 0.3) is 10.8 Å². The van der Waals surface area contributed by atoms with Gasteiger partial charge in [0.1, 0.15) is 0 Å². The van der Waals surface area contributed by atoms with Crippen molar-refractivity contribution in [3.8, 4) is 17.2 Å². The molecular formula is C25H20CoO5. The summed E-state index contributed by atoms with van der Waals surface area (Å²) in [5.74, 6) is 1.41. The van der Waals surface area contributed by atoms with E-state index in [0.29, 0.717) is 17.1 Å². The zero-order valence-corrected chi connectivity index (χ0v) is 18.0. The van der Waals surface area contributed by atoms with Gasteiger partial charge in [0.25, 0.3) is 0 Å². The van der Waals surface area contributed by atoms with E-state index in [-0.39, 0.29) is 0 Å². The third-order valence-corrected chi connectivity index (χ3v) is 6.44. The molecule has 0 heterocycles. The fourth-order valence-electron chi connectivity index (χ4n) is 3.01. The number of ether oxygens (including phenoxy) is 3. The Labute approximate surface area is 184 Å². The van der Waals surface area contributed by atoms with E-state index in [1.807, 2.05) is 24.3 Å². The second-order valence-electron chi connectivity index (χ2n) is 6.60. The van der Waals surface area contributed by atoms with Crippen LogP contribution < -0.4 is 23.2 Å². The summed E-state index contributed by atoms with van der Waals surface area (Å²) in [5.41, 5.74) is 0.440. The Morgan fingerprint density at radius 1 is 0.645 bits per heavy atom. The molecule has 0 aliphatic rings. The normalized spacial score (nSPS) is 11.1. The fraction of sp³-hybridized carbons (Fsp3) is 0.0800. The molecule has 5 nitrogen and oxygen atoms in total. The topological polar surface area (TPSA) is 61.8 Å². The summed E-state index contributed by atoms with van der Waals surface area (Å²) in [6.07, 6.45) is 0. The van der Waals surface area contributed by atoms with Crippen LogP contribution in [0.1, 0.15) is 10.4 Å². The molecular weight excluding hydrogens is 439 g/mol. The summed E-state index contributed by atoms with van der Waals surface area (Å²) in [7, 11) is 3.17. The first-order valence-electron chi connectivity index (χ1n) is 9.43. The number of methoxy groups -OCH3 is 2. The standard InChI is InChI=1S/C18H13O3.C7H7O.Co.O/c1-20-16-8-10-17(11-9-16)21-18(19)15-7-6-13-4-2-3-5-14(13)12-15;1-8-7-5-3-2-4-6-7;;/h3-12H,1H3;3-6H,1H3;;. The first-order chi connectivity index (χ1) is 15.1. The van der Waals surface area contributed by atoms with Gasteiger partial charge in [-0.1, -0.05) is 0 Å². The Morgan fingerprint density at radius 3 is 1.81 bits per heavy atom. The van der Waals surface area contributed by atoms with E-state index in [2.05, 4.69) is 0 Å². The number of benzene rings is 4. The van der Waals surface area contributed by atoms with Crippen molar-refractivity contribution < 1.29 is 36.5 Å². The van der Waals surface area contributed by atoms with Gasteiger partial charge in [-0.2, -0.15) is 0 Å².